The van der Waals surface area contributed by atoms with Crippen LogP contribution in [0.1, 0.15) is 27.2 Å². The Morgan fingerprint density at radius 3 is 2.75 bits per heavy atom. The Bertz CT molecular complexity index is 567. The standard InChI is InChI=1S/C15H18N2O2.ClH/c1-11-4-2-3-5-12(11)6-7-17-15(18)13-8-14(9-16)19-10-13;/h2-5,8,10H,6-7,9,16H2,1H3,(H,17,18);1H. The fourth-order valence-electron chi connectivity index (χ4n) is 1.91. The lowest BCUT2D eigenvalue weighted by Gasteiger charge is -2.06. The van der Waals surface area contributed by atoms with Gasteiger partial charge in [-0.1, -0.05) is 24.3 Å². The molecule has 0 spiro atoms. The van der Waals surface area contributed by atoms with Crippen molar-refractivity contribution in [2.75, 3.05) is 6.54 Å². The van der Waals surface area contributed by atoms with E-state index in [4.69, 9.17) is 10.2 Å². The van der Waals surface area contributed by atoms with Gasteiger partial charge in [-0.3, -0.25) is 4.79 Å². The zero-order chi connectivity index (χ0) is 13.7. The first-order valence-corrected chi connectivity index (χ1v) is 6.31. The van der Waals surface area contributed by atoms with Crippen molar-refractivity contribution >= 4 is 18.3 Å². The lowest BCUT2D eigenvalue weighted by atomic mass is 10.1. The van der Waals surface area contributed by atoms with Crippen molar-refractivity contribution in [1.29, 1.82) is 0 Å². The van der Waals surface area contributed by atoms with E-state index in [1.54, 1.807) is 6.07 Å². The van der Waals surface area contributed by atoms with Gasteiger partial charge >= 0.3 is 0 Å². The fourth-order valence-corrected chi connectivity index (χ4v) is 1.91. The molecule has 0 atom stereocenters. The molecule has 0 saturated heterocycles. The van der Waals surface area contributed by atoms with E-state index < -0.39 is 0 Å². The summed E-state index contributed by atoms with van der Waals surface area (Å²) >= 11 is 0. The Balaban J connectivity index is 0.00000200. The number of carbonyl (C=O) groups excluding carboxylic acids is 1. The van der Waals surface area contributed by atoms with Gasteiger partial charge in [-0.05, 0) is 30.5 Å². The predicted octanol–water partition coefficient (Wildman–Crippen LogP) is 2.44. The average molecular weight is 295 g/mol. The molecular formula is C15H19ClN2O2. The van der Waals surface area contributed by atoms with Crippen LogP contribution in [0.25, 0.3) is 0 Å². The fraction of sp³-hybridized carbons (Fsp3) is 0.267. The maximum absolute atomic E-state index is 11.8. The van der Waals surface area contributed by atoms with E-state index in [0.29, 0.717) is 24.4 Å². The molecule has 0 aliphatic rings. The van der Waals surface area contributed by atoms with Crippen LogP contribution >= 0.6 is 12.4 Å². The van der Waals surface area contributed by atoms with E-state index in [1.165, 1.54) is 17.4 Å². The molecule has 0 aliphatic heterocycles. The summed E-state index contributed by atoms with van der Waals surface area (Å²) in [6, 6.07) is 9.83. The van der Waals surface area contributed by atoms with Gasteiger partial charge in [0, 0.05) is 6.54 Å². The molecule has 1 heterocycles. The van der Waals surface area contributed by atoms with Gasteiger partial charge in [0.25, 0.3) is 5.91 Å². The molecular weight excluding hydrogens is 276 g/mol. The maximum Gasteiger partial charge on any atom is 0.254 e. The number of amides is 1. The van der Waals surface area contributed by atoms with Crippen molar-refractivity contribution in [1.82, 2.24) is 5.32 Å². The highest BCUT2D eigenvalue weighted by Gasteiger charge is 2.09. The predicted molar refractivity (Wildman–Crippen MR) is 81.1 cm³/mol. The van der Waals surface area contributed by atoms with Gasteiger partial charge in [0.05, 0.1) is 12.1 Å². The largest absolute Gasteiger partial charge is 0.467 e. The highest BCUT2D eigenvalue weighted by molar-refractivity contribution is 5.93. The third-order valence-electron chi connectivity index (χ3n) is 3.06. The molecule has 4 nitrogen and oxygen atoms in total. The molecule has 0 radical (unpaired) electrons. The number of nitrogens with one attached hydrogen (secondary N) is 1. The van der Waals surface area contributed by atoms with Crippen LogP contribution in [0, 0.1) is 6.92 Å². The van der Waals surface area contributed by atoms with Crippen LogP contribution < -0.4 is 11.1 Å². The monoisotopic (exact) mass is 294 g/mol. The van der Waals surface area contributed by atoms with Crippen molar-refractivity contribution in [3.8, 4) is 0 Å². The van der Waals surface area contributed by atoms with Crippen LogP contribution in [0.3, 0.4) is 0 Å². The minimum atomic E-state index is -0.128. The second kappa shape index (κ2) is 7.72. The van der Waals surface area contributed by atoms with Crippen molar-refractivity contribution < 1.29 is 9.21 Å². The maximum atomic E-state index is 11.8. The van der Waals surface area contributed by atoms with Crippen molar-refractivity contribution in [2.45, 2.75) is 19.9 Å². The normalized spacial score (nSPS) is 9.90. The third kappa shape index (κ3) is 4.11. The molecule has 0 saturated carbocycles. The van der Waals surface area contributed by atoms with Crippen LogP contribution in [0.2, 0.25) is 0 Å². The Kier molecular flexibility index (Phi) is 6.28. The second-order valence-electron chi connectivity index (χ2n) is 4.44. The summed E-state index contributed by atoms with van der Waals surface area (Å²) in [6.07, 6.45) is 2.26. The number of furan rings is 1. The van der Waals surface area contributed by atoms with E-state index in [9.17, 15) is 4.79 Å². The Hall–Kier alpha value is -1.78. The first-order valence-electron chi connectivity index (χ1n) is 6.31. The topological polar surface area (TPSA) is 68.3 Å². The van der Waals surface area contributed by atoms with Gasteiger partial charge in [0.2, 0.25) is 0 Å². The third-order valence-corrected chi connectivity index (χ3v) is 3.06. The van der Waals surface area contributed by atoms with E-state index >= 15 is 0 Å². The molecule has 20 heavy (non-hydrogen) atoms. The number of rotatable bonds is 5. The summed E-state index contributed by atoms with van der Waals surface area (Å²) in [6.45, 7) is 2.98. The molecule has 5 heteroatoms. The number of hydrogen-bond donors (Lipinski definition) is 2. The molecule has 0 unspecified atom stereocenters. The van der Waals surface area contributed by atoms with Gasteiger partial charge in [0.15, 0.2) is 0 Å². The van der Waals surface area contributed by atoms with E-state index in [-0.39, 0.29) is 18.3 Å². The van der Waals surface area contributed by atoms with Crippen LogP contribution in [0.5, 0.6) is 0 Å². The molecule has 2 aromatic rings. The SMILES string of the molecule is Cc1ccccc1CCNC(=O)c1coc(CN)c1.Cl. The summed E-state index contributed by atoms with van der Waals surface area (Å²) in [5.41, 5.74) is 8.44. The summed E-state index contributed by atoms with van der Waals surface area (Å²) in [7, 11) is 0. The quantitative estimate of drug-likeness (QED) is 0.890. The number of aryl methyl sites for hydroxylation is 1. The zero-order valence-electron chi connectivity index (χ0n) is 11.4. The Labute approximate surface area is 124 Å². The Morgan fingerprint density at radius 1 is 1.35 bits per heavy atom. The van der Waals surface area contributed by atoms with Gasteiger partial charge < -0.3 is 15.5 Å². The van der Waals surface area contributed by atoms with E-state index in [1.807, 2.05) is 12.1 Å². The molecule has 0 bridgehead atoms. The Morgan fingerprint density at radius 2 is 2.10 bits per heavy atom. The molecule has 1 amide bonds. The summed E-state index contributed by atoms with van der Waals surface area (Å²) < 4.78 is 5.13. The van der Waals surface area contributed by atoms with Gasteiger partial charge in [-0.2, -0.15) is 0 Å². The minimum Gasteiger partial charge on any atom is -0.467 e. The number of nitrogens with two attached hydrogens (primary N) is 1. The first-order chi connectivity index (χ1) is 9.20. The molecule has 3 N–H and O–H groups in total. The zero-order valence-corrected chi connectivity index (χ0v) is 12.2. The lowest BCUT2D eigenvalue weighted by Crippen LogP contribution is -2.25. The number of hydrogen-bond acceptors (Lipinski definition) is 3. The minimum absolute atomic E-state index is 0. The second-order valence-corrected chi connectivity index (χ2v) is 4.44. The molecule has 0 fully saturated rings. The molecule has 0 aliphatic carbocycles. The smallest absolute Gasteiger partial charge is 0.254 e. The molecule has 108 valence electrons. The van der Waals surface area contributed by atoms with Gasteiger partial charge in [0.1, 0.15) is 12.0 Å². The molecule has 2 rings (SSSR count). The first kappa shape index (κ1) is 16.3. The number of carbonyl (C=O) groups is 1. The lowest BCUT2D eigenvalue weighted by molar-refractivity contribution is 0.0953. The van der Waals surface area contributed by atoms with E-state index in [0.717, 1.165) is 6.42 Å². The van der Waals surface area contributed by atoms with E-state index in [2.05, 4.69) is 24.4 Å². The van der Waals surface area contributed by atoms with Crippen molar-refractivity contribution in [2.24, 2.45) is 5.73 Å². The van der Waals surface area contributed by atoms with Crippen molar-refractivity contribution in [3.63, 3.8) is 0 Å². The number of halogens is 1. The highest BCUT2D eigenvalue weighted by Crippen LogP contribution is 2.08. The van der Waals surface area contributed by atoms with Crippen LogP contribution in [0.4, 0.5) is 0 Å². The summed E-state index contributed by atoms with van der Waals surface area (Å²) in [5, 5.41) is 2.87. The highest BCUT2D eigenvalue weighted by atomic mass is 35.5. The van der Waals surface area contributed by atoms with Gasteiger partial charge in [-0.15, -0.1) is 12.4 Å². The molecule has 1 aromatic heterocycles. The average Bonchev–Trinajstić information content (AvgIpc) is 2.90. The van der Waals surface area contributed by atoms with Gasteiger partial charge in [-0.25, -0.2) is 0 Å². The van der Waals surface area contributed by atoms with Crippen LogP contribution in [0.15, 0.2) is 41.0 Å². The summed E-state index contributed by atoms with van der Waals surface area (Å²) in [5.74, 6) is 0.487. The molecule has 1 aromatic carbocycles. The van der Waals surface area contributed by atoms with Crippen LogP contribution in [-0.2, 0) is 13.0 Å². The summed E-state index contributed by atoms with van der Waals surface area (Å²) in [4.78, 5) is 11.8. The van der Waals surface area contributed by atoms with Crippen molar-refractivity contribution in [3.05, 3.63) is 59.0 Å². The van der Waals surface area contributed by atoms with Crippen LogP contribution in [-0.4, -0.2) is 12.5 Å². The number of benzene rings is 1.